The van der Waals surface area contributed by atoms with Crippen LogP contribution in [0, 0.1) is 10.1 Å². The van der Waals surface area contributed by atoms with Gasteiger partial charge in [0.2, 0.25) is 0 Å². The number of hydrogen-bond donors (Lipinski definition) is 2. The summed E-state index contributed by atoms with van der Waals surface area (Å²) in [6.07, 6.45) is 2.21. The molecule has 1 unspecified atom stereocenters. The molecule has 0 bridgehead atoms. The van der Waals surface area contributed by atoms with Crippen molar-refractivity contribution >= 4 is 11.4 Å². The third-order valence-electron chi connectivity index (χ3n) is 2.85. The lowest BCUT2D eigenvalue weighted by Gasteiger charge is -2.14. The van der Waals surface area contributed by atoms with Crippen LogP contribution in [0.5, 0.6) is 5.75 Å². The molecule has 2 N–H and O–H groups in total. The Morgan fingerprint density at radius 2 is 2.33 bits per heavy atom. The first-order valence-electron chi connectivity index (χ1n) is 6.65. The van der Waals surface area contributed by atoms with E-state index >= 15 is 0 Å². The lowest BCUT2D eigenvalue weighted by Crippen LogP contribution is -2.09. The number of nitro benzene ring substituents is 1. The molecule has 0 aliphatic heterocycles. The van der Waals surface area contributed by atoms with Crippen molar-refractivity contribution in [3.8, 4) is 5.75 Å². The van der Waals surface area contributed by atoms with Gasteiger partial charge in [-0.25, -0.2) is 4.98 Å². The summed E-state index contributed by atoms with van der Waals surface area (Å²) >= 11 is 0. The summed E-state index contributed by atoms with van der Waals surface area (Å²) in [5.41, 5.74) is 0.678. The number of nitrogens with one attached hydrogen (secondary N) is 2. The molecule has 8 nitrogen and oxygen atoms in total. The highest BCUT2D eigenvalue weighted by atomic mass is 16.6. The van der Waals surface area contributed by atoms with E-state index in [0.717, 1.165) is 12.1 Å². The molecule has 2 rings (SSSR count). The Labute approximate surface area is 121 Å². The Morgan fingerprint density at radius 3 is 2.95 bits per heavy atom. The number of anilines is 1. The van der Waals surface area contributed by atoms with Crippen molar-refractivity contribution in [2.24, 2.45) is 0 Å². The van der Waals surface area contributed by atoms with Gasteiger partial charge >= 0.3 is 5.69 Å². The van der Waals surface area contributed by atoms with Crippen molar-refractivity contribution in [2.45, 2.75) is 26.3 Å². The molecule has 1 aromatic heterocycles. The van der Waals surface area contributed by atoms with Gasteiger partial charge in [0.15, 0.2) is 5.75 Å². The first-order valence-corrected chi connectivity index (χ1v) is 6.65. The molecule has 0 saturated heterocycles. The van der Waals surface area contributed by atoms with Gasteiger partial charge in [0.05, 0.1) is 17.6 Å². The Morgan fingerprint density at radius 1 is 1.52 bits per heavy atom. The van der Waals surface area contributed by atoms with E-state index in [9.17, 15) is 10.1 Å². The van der Waals surface area contributed by atoms with Crippen LogP contribution in [-0.2, 0) is 0 Å². The largest absolute Gasteiger partial charge is 0.487 e. The monoisotopic (exact) mass is 291 g/mol. The molecule has 0 aliphatic rings. The maximum Gasteiger partial charge on any atom is 0.311 e. The second-order valence-corrected chi connectivity index (χ2v) is 4.52. The van der Waals surface area contributed by atoms with E-state index in [1.807, 2.05) is 13.8 Å². The van der Waals surface area contributed by atoms with Crippen LogP contribution in [0.3, 0.4) is 0 Å². The van der Waals surface area contributed by atoms with Crippen LogP contribution in [0.25, 0.3) is 0 Å². The van der Waals surface area contributed by atoms with E-state index in [4.69, 9.17) is 4.74 Å². The van der Waals surface area contributed by atoms with Crippen LogP contribution in [0.2, 0.25) is 0 Å². The fourth-order valence-electron chi connectivity index (χ4n) is 1.82. The molecular formula is C13H17N5O3. The first kappa shape index (κ1) is 14.8. The fourth-order valence-corrected chi connectivity index (χ4v) is 1.82. The minimum absolute atomic E-state index is 0.0404. The Hall–Kier alpha value is -2.64. The Kier molecular flexibility index (Phi) is 4.70. The zero-order valence-corrected chi connectivity index (χ0v) is 11.9. The average Bonchev–Trinajstić information content (AvgIpc) is 2.99. The second-order valence-electron chi connectivity index (χ2n) is 4.52. The summed E-state index contributed by atoms with van der Waals surface area (Å²) < 4.78 is 5.44. The van der Waals surface area contributed by atoms with Crippen molar-refractivity contribution < 1.29 is 9.66 Å². The zero-order chi connectivity index (χ0) is 15.2. The van der Waals surface area contributed by atoms with Crippen LogP contribution >= 0.6 is 0 Å². The maximum atomic E-state index is 11.0. The predicted molar refractivity (Wildman–Crippen MR) is 77.3 cm³/mol. The maximum absolute atomic E-state index is 11.0. The SMILES string of the molecule is CCCOc1cc(NC(C)c2ncn[nH]2)ccc1[N+](=O)[O-]. The molecular weight excluding hydrogens is 274 g/mol. The fraction of sp³-hybridized carbons (Fsp3) is 0.385. The normalized spacial score (nSPS) is 11.9. The molecule has 1 aromatic carbocycles. The molecule has 0 radical (unpaired) electrons. The smallest absolute Gasteiger partial charge is 0.311 e. The minimum Gasteiger partial charge on any atom is -0.487 e. The third kappa shape index (κ3) is 3.68. The van der Waals surface area contributed by atoms with E-state index in [-0.39, 0.29) is 17.5 Å². The standard InChI is InChI=1S/C13H17N5O3/c1-3-6-21-12-7-10(4-5-11(12)18(19)20)16-9(2)13-14-8-15-17-13/h4-5,7-9,16H,3,6H2,1-2H3,(H,14,15,17). The topological polar surface area (TPSA) is 106 Å². The quantitative estimate of drug-likeness (QED) is 0.600. The first-order chi connectivity index (χ1) is 10.1. The molecule has 0 aliphatic carbocycles. The van der Waals surface area contributed by atoms with Crippen molar-refractivity contribution in [3.63, 3.8) is 0 Å². The number of nitro groups is 1. The molecule has 1 atom stereocenters. The van der Waals surface area contributed by atoms with E-state index in [1.54, 1.807) is 12.1 Å². The van der Waals surface area contributed by atoms with E-state index in [1.165, 1.54) is 12.4 Å². The summed E-state index contributed by atoms with van der Waals surface area (Å²) in [5, 5.41) is 20.7. The molecule has 21 heavy (non-hydrogen) atoms. The van der Waals surface area contributed by atoms with Gasteiger partial charge in [0.1, 0.15) is 12.2 Å². The highest BCUT2D eigenvalue weighted by molar-refractivity contribution is 5.58. The number of hydrogen-bond acceptors (Lipinski definition) is 6. The van der Waals surface area contributed by atoms with Crippen LogP contribution in [0.4, 0.5) is 11.4 Å². The third-order valence-corrected chi connectivity index (χ3v) is 2.85. The van der Waals surface area contributed by atoms with E-state index < -0.39 is 4.92 Å². The van der Waals surface area contributed by atoms with E-state index in [2.05, 4.69) is 20.5 Å². The van der Waals surface area contributed by atoms with Crippen molar-refractivity contribution in [3.05, 3.63) is 40.5 Å². The summed E-state index contributed by atoms with van der Waals surface area (Å²) in [5.74, 6) is 0.945. The molecule has 8 heteroatoms. The molecule has 2 aromatic rings. The van der Waals surface area contributed by atoms with Crippen LogP contribution in [0.15, 0.2) is 24.5 Å². The number of rotatable bonds is 7. The Balaban J connectivity index is 2.18. The number of ether oxygens (including phenoxy) is 1. The van der Waals surface area contributed by atoms with Gasteiger partial charge in [-0.1, -0.05) is 6.92 Å². The zero-order valence-electron chi connectivity index (χ0n) is 11.9. The lowest BCUT2D eigenvalue weighted by atomic mass is 10.2. The number of aromatic amines is 1. The molecule has 0 spiro atoms. The van der Waals surface area contributed by atoms with Crippen molar-refractivity contribution in [2.75, 3.05) is 11.9 Å². The molecule has 0 saturated carbocycles. The van der Waals surface area contributed by atoms with Crippen LogP contribution in [-0.4, -0.2) is 26.7 Å². The summed E-state index contributed by atoms with van der Waals surface area (Å²) in [6, 6.07) is 4.60. The minimum atomic E-state index is -0.450. The summed E-state index contributed by atoms with van der Waals surface area (Å²) in [6.45, 7) is 4.29. The van der Waals surface area contributed by atoms with Crippen molar-refractivity contribution in [1.82, 2.24) is 15.2 Å². The molecule has 1 heterocycles. The number of nitrogens with zero attached hydrogens (tertiary/aromatic N) is 3. The highest BCUT2D eigenvalue weighted by Gasteiger charge is 2.17. The van der Waals surface area contributed by atoms with Crippen molar-refractivity contribution in [1.29, 1.82) is 0 Å². The van der Waals surface area contributed by atoms with E-state index in [0.29, 0.717) is 12.4 Å². The van der Waals surface area contributed by atoms with Gasteiger partial charge in [-0.2, -0.15) is 5.10 Å². The average molecular weight is 291 g/mol. The van der Waals surface area contributed by atoms with Crippen LogP contribution in [0.1, 0.15) is 32.1 Å². The van der Waals surface area contributed by atoms with Gasteiger partial charge in [0.25, 0.3) is 0 Å². The van der Waals surface area contributed by atoms with Gasteiger partial charge in [0, 0.05) is 17.8 Å². The van der Waals surface area contributed by atoms with Gasteiger partial charge < -0.3 is 10.1 Å². The van der Waals surface area contributed by atoms with Gasteiger partial charge in [-0.3, -0.25) is 15.2 Å². The number of H-pyrrole nitrogens is 1. The number of aromatic nitrogens is 3. The van der Waals surface area contributed by atoms with Gasteiger partial charge in [-0.15, -0.1) is 0 Å². The highest BCUT2D eigenvalue weighted by Crippen LogP contribution is 2.31. The Bertz CT molecular complexity index is 600. The second kappa shape index (κ2) is 6.69. The predicted octanol–water partition coefficient (Wildman–Crippen LogP) is 2.67. The van der Waals surface area contributed by atoms with Gasteiger partial charge in [-0.05, 0) is 19.4 Å². The van der Waals surface area contributed by atoms with Crippen LogP contribution < -0.4 is 10.1 Å². The lowest BCUT2D eigenvalue weighted by molar-refractivity contribution is -0.385. The number of benzene rings is 1. The summed E-state index contributed by atoms with van der Waals surface area (Å²) in [4.78, 5) is 14.6. The summed E-state index contributed by atoms with van der Waals surface area (Å²) in [7, 11) is 0. The molecule has 0 fully saturated rings. The molecule has 0 amide bonds. The molecule has 112 valence electrons.